The topological polar surface area (TPSA) is 117 Å². The first-order valence-electron chi connectivity index (χ1n) is 11.7. The summed E-state index contributed by atoms with van der Waals surface area (Å²) in [5.41, 5.74) is 0.478. The predicted octanol–water partition coefficient (Wildman–Crippen LogP) is 5.04. The monoisotopic (exact) mass is 523 g/mol. The lowest BCUT2D eigenvalue weighted by Crippen LogP contribution is -2.44. The molecule has 3 rings (SSSR count). The molecule has 9 nitrogen and oxygen atoms in total. The number of nitrogens with one attached hydrogen (secondary N) is 2. The number of hydrogen-bond donors (Lipinski definition) is 3. The van der Waals surface area contributed by atoms with Crippen molar-refractivity contribution in [3.63, 3.8) is 0 Å². The first-order chi connectivity index (χ1) is 18.0. The van der Waals surface area contributed by atoms with Crippen molar-refractivity contribution in [3.8, 4) is 11.5 Å². The van der Waals surface area contributed by atoms with Crippen molar-refractivity contribution in [1.82, 2.24) is 4.90 Å². The second kappa shape index (κ2) is 12.1. The van der Waals surface area contributed by atoms with Gasteiger partial charge < -0.3 is 30.1 Å². The summed E-state index contributed by atoms with van der Waals surface area (Å²) in [5, 5.41) is 14.1. The number of carboxylic acid groups (broad SMARTS) is 1. The Hall–Kier alpha value is -4.60. The second-order valence-electron chi connectivity index (χ2n) is 9.21. The molecular weight excluding hydrogens is 493 g/mol. The molecular formula is C28H30FN3O6. The molecule has 0 unspecified atom stereocenters. The number of amides is 3. The van der Waals surface area contributed by atoms with E-state index in [-0.39, 0.29) is 30.1 Å². The molecule has 0 heterocycles. The zero-order valence-electron chi connectivity index (χ0n) is 21.6. The van der Waals surface area contributed by atoms with Gasteiger partial charge in [-0.15, -0.1) is 0 Å². The highest BCUT2D eigenvalue weighted by molar-refractivity contribution is 6.00. The smallest absolute Gasteiger partial charge is 0.335 e. The molecule has 0 spiro atoms. The van der Waals surface area contributed by atoms with E-state index in [0.29, 0.717) is 22.7 Å². The Morgan fingerprint density at radius 2 is 1.63 bits per heavy atom. The number of nitrogens with zero attached hydrogens (tertiary/aromatic N) is 1. The van der Waals surface area contributed by atoms with Crippen molar-refractivity contribution in [1.29, 1.82) is 0 Å². The number of anilines is 2. The average molecular weight is 524 g/mol. The van der Waals surface area contributed by atoms with Gasteiger partial charge in [-0.1, -0.05) is 18.2 Å². The van der Waals surface area contributed by atoms with Crippen LogP contribution in [0.5, 0.6) is 11.5 Å². The van der Waals surface area contributed by atoms with Crippen molar-refractivity contribution >= 4 is 29.3 Å². The fraction of sp³-hybridized carbons (Fsp3) is 0.250. The number of urea groups is 1. The number of methoxy groups -OCH3 is 1. The largest absolute Gasteiger partial charge is 0.495 e. The Morgan fingerprint density at radius 3 is 2.26 bits per heavy atom. The molecule has 0 fully saturated rings. The number of halogens is 1. The SMILES string of the molecule is COc1cc(CC(=O)N(C)CC(C)(C)Oc2ccc(C(=O)O)cc2)ccc1NC(=O)Nc1ccccc1F. The molecule has 3 amide bonds. The second-order valence-corrected chi connectivity index (χ2v) is 9.21. The number of carboxylic acids is 1. The van der Waals surface area contributed by atoms with Gasteiger partial charge in [0.15, 0.2) is 0 Å². The molecule has 0 atom stereocenters. The summed E-state index contributed by atoms with van der Waals surface area (Å²) >= 11 is 0. The molecule has 38 heavy (non-hydrogen) atoms. The zero-order chi connectivity index (χ0) is 27.9. The van der Waals surface area contributed by atoms with Crippen LogP contribution in [0.25, 0.3) is 0 Å². The minimum Gasteiger partial charge on any atom is -0.495 e. The van der Waals surface area contributed by atoms with Crippen LogP contribution in [-0.2, 0) is 11.2 Å². The summed E-state index contributed by atoms with van der Waals surface area (Å²) in [5.74, 6) is -0.907. The van der Waals surface area contributed by atoms with Gasteiger partial charge in [-0.3, -0.25) is 4.79 Å². The first kappa shape index (κ1) is 28.0. The van der Waals surface area contributed by atoms with Crippen LogP contribution in [-0.4, -0.2) is 54.2 Å². The van der Waals surface area contributed by atoms with E-state index in [0.717, 1.165) is 0 Å². The lowest BCUT2D eigenvalue weighted by atomic mass is 10.1. The molecule has 0 radical (unpaired) electrons. The van der Waals surface area contributed by atoms with Crippen LogP contribution in [0.3, 0.4) is 0 Å². The van der Waals surface area contributed by atoms with Crippen LogP contribution in [0, 0.1) is 5.82 Å². The number of carbonyl (C=O) groups is 3. The summed E-state index contributed by atoms with van der Waals surface area (Å²) in [6.07, 6.45) is 0.0813. The molecule has 3 aromatic rings. The molecule has 0 bridgehead atoms. The quantitative estimate of drug-likeness (QED) is 0.343. The van der Waals surface area contributed by atoms with Crippen LogP contribution in [0.15, 0.2) is 66.7 Å². The molecule has 10 heteroatoms. The van der Waals surface area contributed by atoms with Crippen LogP contribution in [0.2, 0.25) is 0 Å². The van der Waals surface area contributed by atoms with E-state index in [9.17, 15) is 18.8 Å². The lowest BCUT2D eigenvalue weighted by molar-refractivity contribution is -0.131. The Bertz CT molecular complexity index is 1310. The van der Waals surface area contributed by atoms with Gasteiger partial charge in [0.05, 0.1) is 37.0 Å². The maximum Gasteiger partial charge on any atom is 0.335 e. The van der Waals surface area contributed by atoms with Crippen LogP contribution in [0.4, 0.5) is 20.6 Å². The van der Waals surface area contributed by atoms with E-state index in [4.69, 9.17) is 14.6 Å². The van der Waals surface area contributed by atoms with Gasteiger partial charge in [0.25, 0.3) is 0 Å². The number of benzene rings is 3. The summed E-state index contributed by atoms with van der Waals surface area (Å²) in [6.45, 7) is 3.94. The van der Waals surface area contributed by atoms with E-state index in [1.807, 2.05) is 13.8 Å². The summed E-state index contributed by atoms with van der Waals surface area (Å²) in [6, 6.07) is 16.2. The Kier molecular flexibility index (Phi) is 8.90. The molecule has 0 saturated carbocycles. The van der Waals surface area contributed by atoms with Gasteiger partial charge in [-0.25, -0.2) is 14.0 Å². The zero-order valence-corrected chi connectivity index (χ0v) is 21.6. The van der Waals surface area contributed by atoms with Crippen molar-refractivity contribution in [2.24, 2.45) is 0 Å². The Labute approximate surface area is 220 Å². The summed E-state index contributed by atoms with van der Waals surface area (Å²) in [4.78, 5) is 37.8. The van der Waals surface area contributed by atoms with Gasteiger partial charge in [-0.2, -0.15) is 0 Å². The highest BCUT2D eigenvalue weighted by Gasteiger charge is 2.25. The number of para-hydroxylation sites is 1. The van der Waals surface area contributed by atoms with Crippen molar-refractivity contribution in [3.05, 3.63) is 83.7 Å². The van der Waals surface area contributed by atoms with Crippen molar-refractivity contribution in [2.75, 3.05) is 31.3 Å². The van der Waals surface area contributed by atoms with E-state index < -0.39 is 23.4 Å². The third kappa shape index (κ3) is 7.70. The van der Waals surface area contributed by atoms with Crippen molar-refractivity contribution in [2.45, 2.75) is 25.9 Å². The number of ether oxygens (including phenoxy) is 2. The van der Waals surface area contributed by atoms with Crippen LogP contribution in [0.1, 0.15) is 29.8 Å². The molecule has 0 saturated heterocycles. The molecule has 3 aromatic carbocycles. The summed E-state index contributed by atoms with van der Waals surface area (Å²) < 4.78 is 25.1. The molecule has 200 valence electrons. The normalized spacial score (nSPS) is 10.9. The Balaban J connectivity index is 1.59. The molecule has 0 aliphatic heterocycles. The van der Waals surface area contributed by atoms with Gasteiger partial charge in [0, 0.05) is 7.05 Å². The third-order valence-corrected chi connectivity index (χ3v) is 5.53. The van der Waals surface area contributed by atoms with Gasteiger partial charge in [0.2, 0.25) is 5.91 Å². The number of carbonyl (C=O) groups excluding carboxylic acids is 2. The van der Waals surface area contributed by atoms with Crippen LogP contribution >= 0.6 is 0 Å². The fourth-order valence-corrected chi connectivity index (χ4v) is 3.77. The van der Waals surface area contributed by atoms with E-state index >= 15 is 0 Å². The first-order valence-corrected chi connectivity index (χ1v) is 11.7. The number of aromatic carboxylic acids is 1. The van der Waals surface area contributed by atoms with Gasteiger partial charge in [-0.05, 0) is 67.9 Å². The van der Waals surface area contributed by atoms with E-state index in [1.165, 1.54) is 37.4 Å². The standard InChI is InChI=1S/C28H30FN3O6/c1-28(2,38-20-12-10-19(11-13-20)26(34)35)17-32(3)25(33)16-18-9-14-23(24(15-18)37-4)31-27(36)30-22-8-6-5-7-21(22)29/h5-15H,16-17H2,1-4H3,(H,34,35)(H2,30,31,36). The highest BCUT2D eigenvalue weighted by Crippen LogP contribution is 2.27. The number of hydrogen-bond acceptors (Lipinski definition) is 5. The maximum atomic E-state index is 13.8. The third-order valence-electron chi connectivity index (χ3n) is 5.53. The van der Waals surface area contributed by atoms with E-state index in [2.05, 4.69) is 10.6 Å². The van der Waals surface area contributed by atoms with E-state index in [1.54, 1.807) is 48.3 Å². The predicted molar refractivity (Wildman–Crippen MR) is 141 cm³/mol. The van der Waals surface area contributed by atoms with Gasteiger partial charge >= 0.3 is 12.0 Å². The minimum absolute atomic E-state index is 0.0402. The molecule has 0 aromatic heterocycles. The highest BCUT2D eigenvalue weighted by atomic mass is 19.1. The number of likely N-dealkylation sites (N-methyl/N-ethyl adjacent to an activating group) is 1. The molecule has 3 N–H and O–H groups in total. The van der Waals surface area contributed by atoms with Crippen LogP contribution < -0.4 is 20.1 Å². The maximum absolute atomic E-state index is 13.8. The molecule has 0 aliphatic rings. The summed E-state index contributed by atoms with van der Waals surface area (Å²) in [7, 11) is 3.11. The average Bonchev–Trinajstić information content (AvgIpc) is 2.86. The fourth-order valence-electron chi connectivity index (χ4n) is 3.77. The minimum atomic E-state index is -1.02. The Morgan fingerprint density at radius 1 is 0.974 bits per heavy atom. The number of rotatable bonds is 10. The molecule has 0 aliphatic carbocycles. The van der Waals surface area contributed by atoms with Crippen molar-refractivity contribution < 1.29 is 33.4 Å². The van der Waals surface area contributed by atoms with Gasteiger partial charge in [0.1, 0.15) is 22.9 Å². The lowest BCUT2D eigenvalue weighted by Gasteiger charge is -2.31.